The summed E-state index contributed by atoms with van der Waals surface area (Å²) in [4.78, 5) is 29.9. The summed E-state index contributed by atoms with van der Waals surface area (Å²) < 4.78 is 0. The molecule has 0 radical (unpaired) electrons. The first-order valence-electron chi connectivity index (χ1n) is 8.13. The van der Waals surface area contributed by atoms with E-state index in [1.807, 2.05) is 25.1 Å². The highest BCUT2D eigenvalue weighted by Crippen LogP contribution is 2.41. The standard InChI is InChI=1S/C18H21N3O2S/c1-12-14(16(23)19-2)24-17(20-12)18(10-6-7-11-18)21-15(22)13-8-4-3-5-9-13/h3-5,8-9H,6-7,10-11H2,1-2H3,(H,19,23)(H,21,22). The van der Waals surface area contributed by atoms with E-state index < -0.39 is 5.54 Å². The molecule has 0 saturated heterocycles. The smallest absolute Gasteiger partial charge is 0.263 e. The summed E-state index contributed by atoms with van der Waals surface area (Å²) in [6.07, 6.45) is 3.80. The highest BCUT2D eigenvalue weighted by molar-refractivity contribution is 7.14. The van der Waals surface area contributed by atoms with Crippen LogP contribution in [0.25, 0.3) is 0 Å². The van der Waals surface area contributed by atoms with Gasteiger partial charge in [0.05, 0.1) is 11.2 Å². The first-order valence-corrected chi connectivity index (χ1v) is 8.95. The van der Waals surface area contributed by atoms with Gasteiger partial charge in [0.25, 0.3) is 11.8 Å². The van der Waals surface area contributed by atoms with Crippen molar-refractivity contribution in [3.8, 4) is 0 Å². The lowest BCUT2D eigenvalue weighted by atomic mass is 9.97. The molecule has 1 aromatic heterocycles. The van der Waals surface area contributed by atoms with Gasteiger partial charge >= 0.3 is 0 Å². The number of benzene rings is 1. The van der Waals surface area contributed by atoms with E-state index in [1.54, 1.807) is 19.2 Å². The van der Waals surface area contributed by atoms with Crippen LogP contribution in [0, 0.1) is 6.92 Å². The number of amides is 2. The molecule has 1 saturated carbocycles. The summed E-state index contributed by atoms with van der Waals surface area (Å²) in [5, 5.41) is 6.68. The molecule has 0 unspecified atom stereocenters. The first-order chi connectivity index (χ1) is 11.6. The number of carbonyl (C=O) groups excluding carboxylic acids is 2. The van der Waals surface area contributed by atoms with E-state index in [0.717, 1.165) is 36.4 Å². The van der Waals surface area contributed by atoms with Crippen LogP contribution in [0.1, 0.15) is 56.4 Å². The van der Waals surface area contributed by atoms with E-state index in [0.29, 0.717) is 10.4 Å². The molecule has 1 aliphatic rings. The Balaban J connectivity index is 1.92. The molecule has 6 heteroatoms. The van der Waals surface area contributed by atoms with Crippen LogP contribution in [-0.2, 0) is 5.54 Å². The van der Waals surface area contributed by atoms with Crippen LogP contribution < -0.4 is 10.6 Å². The largest absolute Gasteiger partial charge is 0.354 e. The van der Waals surface area contributed by atoms with Crippen molar-refractivity contribution < 1.29 is 9.59 Å². The minimum Gasteiger partial charge on any atom is -0.354 e. The van der Waals surface area contributed by atoms with Crippen molar-refractivity contribution in [2.75, 3.05) is 7.05 Å². The summed E-state index contributed by atoms with van der Waals surface area (Å²) in [5.41, 5.74) is 0.896. The fraction of sp³-hybridized carbons (Fsp3) is 0.389. The van der Waals surface area contributed by atoms with Gasteiger partial charge < -0.3 is 10.6 Å². The van der Waals surface area contributed by atoms with Gasteiger partial charge in [-0.15, -0.1) is 11.3 Å². The minimum absolute atomic E-state index is 0.0909. The molecule has 2 amide bonds. The number of thiazole rings is 1. The Bertz CT molecular complexity index is 749. The maximum Gasteiger partial charge on any atom is 0.263 e. The molecule has 2 N–H and O–H groups in total. The molecule has 3 rings (SSSR count). The molecule has 1 heterocycles. The third-order valence-electron chi connectivity index (χ3n) is 4.49. The monoisotopic (exact) mass is 343 g/mol. The zero-order valence-electron chi connectivity index (χ0n) is 13.9. The molecule has 1 aliphatic carbocycles. The van der Waals surface area contributed by atoms with Gasteiger partial charge in [0, 0.05) is 12.6 Å². The second-order valence-corrected chi connectivity index (χ2v) is 7.12. The normalized spacial score (nSPS) is 15.9. The van der Waals surface area contributed by atoms with Crippen molar-refractivity contribution in [2.45, 2.75) is 38.1 Å². The van der Waals surface area contributed by atoms with Gasteiger partial charge in [-0.3, -0.25) is 9.59 Å². The van der Waals surface area contributed by atoms with Crippen LogP contribution in [0.15, 0.2) is 30.3 Å². The van der Waals surface area contributed by atoms with E-state index in [2.05, 4.69) is 15.6 Å². The molecular formula is C18H21N3O2S. The maximum atomic E-state index is 12.6. The lowest BCUT2D eigenvalue weighted by molar-refractivity contribution is 0.0897. The van der Waals surface area contributed by atoms with Crippen LogP contribution in [0.4, 0.5) is 0 Å². The second kappa shape index (κ2) is 6.73. The third kappa shape index (κ3) is 3.06. The average Bonchev–Trinajstić information content (AvgIpc) is 3.22. The van der Waals surface area contributed by atoms with E-state index in [1.165, 1.54) is 11.3 Å². The molecule has 0 spiro atoms. The Morgan fingerprint density at radius 3 is 2.42 bits per heavy atom. The number of nitrogens with zero attached hydrogens (tertiary/aromatic N) is 1. The number of rotatable bonds is 4. The predicted molar refractivity (Wildman–Crippen MR) is 94.3 cm³/mol. The quantitative estimate of drug-likeness (QED) is 0.896. The van der Waals surface area contributed by atoms with Gasteiger partial charge in [-0.05, 0) is 31.9 Å². The summed E-state index contributed by atoms with van der Waals surface area (Å²) in [5.74, 6) is -0.217. The Morgan fingerprint density at radius 1 is 1.12 bits per heavy atom. The lowest BCUT2D eigenvalue weighted by Crippen LogP contribution is -2.43. The lowest BCUT2D eigenvalue weighted by Gasteiger charge is -2.28. The summed E-state index contributed by atoms with van der Waals surface area (Å²) in [7, 11) is 1.61. The van der Waals surface area contributed by atoms with Gasteiger partial charge in [-0.2, -0.15) is 0 Å². The SMILES string of the molecule is CNC(=O)c1sc(C2(NC(=O)c3ccccc3)CCCC2)nc1C. The molecule has 0 atom stereocenters. The van der Waals surface area contributed by atoms with Crippen molar-refractivity contribution in [1.82, 2.24) is 15.6 Å². The zero-order chi connectivity index (χ0) is 17.2. The number of carbonyl (C=O) groups is 2. The zero-order valence-corrected chi connectivity index (χ0v) is 14.7. The number of hydrogen-bond acceptors (Lipinski definition) is 4. The number of aryl methyl sites for hydroxylation is 1. The van der Waals surface area contributed by atoms with Crippen LogP contribution in [-0.4, -0.2) is 23.8 Å². The first kappa shape index (κ1) is 16.6. The second-order valence-electron chi connectivity index (χ2n) is 6.12. The molecule has 126 valence electrons. The maximum absolute atomic E-state index is 12.6. The van der Waals surface area contributed by atoms with Crippen molar-refractivity contribution >= 4 is 23.2 Å². The molecule has 24 heavy (non-hydrogen) atoms. The third-order valence-corrected chi connectivity index (χ3v) is 5.85. The molecule has 0 bridgehead atoms. The van der Waals surface area contributed by atoms with Gasteiger partial charge in [0.1, 0.15) is 9.88 Å². The van der Waals surface area contributed by atoms with E-state index in [9.17, 15) is 9.59 Å². The Kier molecular flexibility index (Phi) is 4.66. The number of hydrogen-bond donors (Lipinski definition) is 2. The summed E-state index contributed by atoms with van der Waals surface area (Å²) >= 11 is 1.39. The number of aromatic nitrogens is 1. The van der Waals surface area contributed by atoms with E-state index in [4.69, 9.17) is 0 Å². The molecule has 0 aliphatic heterocycles. The average molecular weight is 343 g/mol. The Labute approximate surface area is 145 Å². The van der Waals surface area contributed by atoms with Gasteiger partial charge in [0.2, 0.25) is 0 Å². The van der Waals surface area contributed by atoms with Crippen molar-refractivity contribution in [1.29, 1.82) is 0 Å². The van der Waals surface area contributed by atoms with Gasteiger partial charge in [-0.1, -0.05) is 31.0 Å². The Hall–Kier alpha value is -2.21. The highest BCUT2D eigenvalue weighted by Gasteiger charge is 2.40. The predicted octanol–water partition coefficient (Wildman–Crippen LogP) is 3.01. The van der Waals surface area contributed by atoms with Gasteiger partial charge in [0.15, 0.2) is 0 Å². The van der Waals surface area contributed by atoms with Crippen LogP contribution >= 0.6 is 11.3 Å². The molecule has 2 aromatic rings. The fourth-order valence-electron chi connectivity index (χ4n) is 3.18. The van der Waals surface area contributed by atoms with Crippen LogP contribution in [0.5, 0.6) is 0 Å². The van der Waals surface area contributed by atoms with Crippen LogP contribution in [0.2, 0.25) is 0 Å². The summed E-state index contributed by atoms with van der Waals surface area (Å²) in [6, 6.07) is 9.21. The van der Waals surface area contributed by atoms with Gasteiger partial charge in [-0.25, -0.2) is 4.98 Å². The van der Waals surface area contributed by atoms with E-state index >= 15 is 0 Å². The minimum atomic E-state index is -0.464. The van der Waals surface area contributed by atoms with E-state index in [-0.39, 0.29) is 11.8 Å². The molecule has 5 nitrogen and oxygen atoms in total. The molecule has 1 fully saturated rings. The van der Waals surface area contributed by atoms with Crippen molar-refractivity contribution in [3.63, 3.8) is 0 Å². The highest BCUT2D eigenvalue weighted by atomic mass is 32.1. The fourth-order valence-corrected chi connectivity index (χ4v) is 4.39. The Morgan fingerprint density at radius 2 is 1.79 bits per heavy atom. The van der Waals surface area contributed by atoms with Crippen molar-refractivity contribution in [3.05, 3.63) is 51.5 Å². The molecule has 1 aromatic carbocycles. The molecular weight excluding hydrogens is 322 g/mol. The summed E-state index contributed by atoms with van der Waals surface area (Å²) in [6.45, 7) is 1.84. The van der Waals surface area contributed by atoms with Crippen molar-refractivity contribution in [2.24, 2.45) is 0 Å². The van der Waals surface area contributed by atoms with Crippen LogP contribution in [0.3, 0.4) is 0 Å². The number of nitrogens with one attached hydrogen (secondary N) is 2. The topological polar surface area (TPSA) is 71.1 Å².